The minimum Gasteiger partial charge on any atom is -0.276 e. The first-order valence-corrected chi connectivity index (χ1v) is 4.77. The molecule has 0 radical (unpaired) electrons. The summed E-state index contributed by atoms with van der Waals surface area (Å²) in [5.74, 6) is 0.786. The SMILES string of the molecule is Cn1ccc(C2CC3(CC3)C2)n1. The Morgan fingerprint density at radius 3 is 2.75 bits per heavy atom. The van der Waals surface area contributed by atoms with Crippen LogP contribution in [0, 0.1) is 5.41 Å². The molecule has 0 atom stereocenters. The van der Waals surface area contributed by atoms with Crippen molar-refractivity contribution < 1.29 is 0 Å². The van der Waals surface area contributed by atoms with Gasteiger partial charge >= 0.3 is 0 Å². The Morgan fingerprint density at radius 1 is 1.50 bits per heavy atom. The molecular weight excluding hydrogens is 148 g/mol. The summed E-state index contributed by atoms with van der Waals surface area (Å²) in [6.07, 6.45) is 7.83. The summed E-state index contributed by atoms with van der Waals surface area (Å²) in [6, 6.07) is 2.17. The molecule has 2 heteroatoms. The van der Waals surface area contributed by atoms with Crippen molar-refractivity contribution in [3.8, 4) is 0 Å². The minimum atomic E-state index is 0.786. The summed E-state index contributed by atoms with van der Waals surface area (Å²) in [5, 5.41) is 4.44. The maximum atomic E-state index is 4.44. The molecule has 1 spiro atoms. The molecule has 2 saturated carbocycles. The van der Waals surface area contributed by atoms with Gasteiger partial charge < -0.3 is 0 Å². The first-order valence-electron chi connectivity index (χ1n) is 4.77. The molecule has 2 nitrogen and oxygen atoms in total. The van der Waals surface area contributed by atoms with E-state index in [0.29, 0.717) is 0 Å². The number of hydrogen-bond donors (Lipinski definition) is 0. The van der Waals surface area contributed by atoms with E-state index >= 15 is 0 Å². The number of nitrogens with zero attached hydrogens (tertiary/aromatic N) is 2. The zero-order chi connectivity index (χ0) is 8.18. The number of hydrogen-bond acceptors (Lipinski definition) is 1. The second-order valence-electron chi connectivity index (χ2n) is 4.52. The summed E-state index contributed by atoms with van der Waals surface area (Å²) in [5.41, 5.74) is 2.12. The highest BCUT2D eigenvalue weighted by Gasteiger charge is 2.53. The van der Waals surface area contributed by atoms with Crippen LogP contribution in [0.25, 0.3) is 0 Å². The molecular formula is C10H14N2. The summed E-state index contributed by atoms with van der Waals surface area (Å²) < 4.78 is 1.91. The van der Waals surface area contributed by atoms with Crippen molar-refractivity contribution in [2.75, 3.05) is 0 Å². The van der Waals surface area contributed by atoms with Gasteiger partial charge in [-0.3, -0.25) is 4.68 Å². The Balaban J connectivity index is 1.75. The van der Waals surface area contributed by atoms with Gasteiger partial charge in [0, 0.05) is 19.2 Å². The molecule has 1 aromatic rings. The van der Waals surface area contributed by atoms with Gasteiger partial charge in [0.2, 0.25) is 0 Å². The Morgan fingerprint density at radius 2 is 2.25 bits per heavy atom. The first-order chi connectivity index (χ1) is 5.77. The first kappa shape index (κ1) is 6.70. The Kier molecular flexibility index (Phi) is 1.07. The number of aryl methyl sites for hydroxylation is 1. The molecule has 64 valence electrons. The fourth-order valence-corrected chi connectivity index (χ4v) is 2.43. The lowest BCUT2D eigenvalue weighted by atomic mass is 9.70. The average molecular weight is 162 g/mol. The van der Waals surface area contributed by atoms with Crippen molar-refractivity contribution in [3.05, 3.63) is 18.0 Å². The van der Waals surface area contributed by atoms with E-state index in [1.807, 2.05) is 17.9 Å². The summed E-state index contributed by atoms with van der Waals surface area (Å²) in [6.45, 7) is 0. The standard InChI is InChI=1S/C10H14N2/c1-12-5-2-9(11-12)8-6-10(7-8)3-4-10/h2,5,8H,3-4,6-7H2,1H3. The molecule has 0 saturated heterocycles. The predicted octanol–water partition coefficient (Wildman–Crippen LogP) is 2.08. The lowest BCUT2D eigenvalue weighted by molar-refractivity contribution is 0.232. The topological polar surface area (TPSA) is 17.8 Å². The quantitative estimate of drug-likeness (QED) is 0.618. The van der Waals surface area contributed by atoms with Crippen LogP contribution in [0.3, 0.4) is 0 Å². The van der Waals surface area contributed by atoms with Crippen molar-refractivity contribution in [2.24, 2.45) is 12.5 Å². The summed E-state index contributed by atoms with van der Waals surface area (Å²) in [7, 11) is 2.00. The Labute approximate surface area is 72.6 Å². The van der Waals surface area contributed by atoms with E-state index in [-0.39, 0.29) is 0 Å². The molecule has 2 fully saturated rings. The molecule has 1 aromatic heterocycles. The predicted molar refractivity (Wildman–Crippen MR) is 46.9 cm³/mol. The van der Waals surface area contributed by atoms with Crippen LogP contribution in [0.2, 0.25) is 0 Å². The van der Waals surface area contributed by atoms with Gasteiger partial charge in [-0.1, -0.05) is 0 Å². The third kappa shape index (κ3) is 0.838. The molecule has 0 aliphatic heterocycles. The van der Waals surface area contributed by atoms with E-state index in [1.54, 1.807) is 0 Å². The van der Waals surface area contributed by atoms with E-state index < -0.39 is 0 Å². The van der Waals surface area contributed by atoms with E-state index in [9.17, 15) is 0 Å². The maximum absolute atomic E-state index is 4.44. The summed E-state index contributed by atoms with van der Waals surface area (Å²) in [4.78, 5) is 0. The molecule has 0 N–H and O–H groups in total. The largest absolute Gasteiger partial charge is 0.276 e. The monoisotopic (exact) mass is 162 g/mol. The van der Waals surface area contributed by atoms with Gasteiger partial charge in [0.25, 0.3) is 0 Å². The molecule has 3 rings (SSSR count). The van der Waals surface area contributed by atoms with Crippen LogP contribution < -0.4 is 0 Å². The Bertz CT molecular complexity index is 301. The molecule has 0 bridgehead atoms. The smallest absolute Gasteiger partial charge is 0.0655 e. The highest BCUT2D eigenvalue weighted by molar-refractivity contribution is 5.18. The molecule has 0 unspecified atom stereocenters. The van der Waals surface area contributed by atoms with Gasteiger partial charge in [0.1, 0.15) is 0 Å². The minimum absolute atomic E-state index is 0.786. The zero-order valence-corrected chi connectivity index (χ0v) is 7.45. The number of rotatable bonds is 1. The van der Waals surface area contributed by atoms with Gasteiger partial charge in [-0.15, -0.1) is 0 Å². The zero-order valence-electron chi connectivity index (χ0n) is 7.45. The van der Waals surface area contributed by atoms with Crippen LogP contribution in [0.4, 0.5) is 0 Å². The maximum Gasteiger partial charge on any atom is 0.0655 e. The third-order valence-corrected chi connectivity index (χ3v) is 3.47. The lowest BCUT2D eigenvalue weighted by Crippen LogP contribution is -2.23. The Hall–Kier alpha value is -0.790. The highest BCUT2D eigenvalue weighted by atomic mass is 15.2. The molecule has 1 heterocycles. The van der Waals surface area contributed by atoms with Crippen LogP contribution in [0.15, 0.2) is 12.3 Å². The van der Waals surface area contributed by atoms with E-state index in [0.717, 1.165) is 11.3 Å². The van der Waals surface area contributed by atoms with E-state index in [1.165, 1.54) is 31.4 Å². The van der Waals surface area contributed by atoms with Gasteiger partial charge in [-0.05, 0) is 37.2 Å². The van der Waals surface area contributed by atoms with Crippen LogP contribution in [-0.4, -0.2) is 9.78 Å². The number of aromatic nitrogens is 2. The molecule has 2 aliphatic rings. The third-order valence-electron chi connectivity index (χ3n) is 3.47. The van der Waals surface area contributed by atoms with Gasteiger partial charge in [0.05, 0.1) is 5.69 Å². The van der Waals surface area contributed by atoms with Gasteiger partial charge in [-0.2, -0.15) is 5.10 Å². The van der Waals surface area contributed by atoms with Crippen molar-refractivity contribution in [3.63, 3.8) is 0 Å². The van der Waals surface area contributed by atoms with E-state index in [4.69, 9.17) is 0 Å². The van der Waals surface area contributed by atoms with Crippen molar-refractivity contribution >= 4 is 0 Å². The van der Waals surface area contributed by atoms with Crippen molar-refractivity contribution in [2.45, 2.75) is 31.6 Å². The molecule has 12 heavy (non-hydrogen) atoms. The molecule has 0 aromatic carbocycles. The van der Waals surface area contributed by atoms with Crippen molar-refractivity contribution in [1.82, 2.24) is 9.78 Å². The normalized spacial score (nSPS) is 25.8. The van der Waals surface area contributed by atoms with Crippen molar-refractivity contribution in [1.29, 1.82) is 0 Å². The summed E-state index contributed by atoms with van der Waals surface area (Å²) >= 11 is 0. The van der Waals surface area contributed by atoms with Crippen LogP contribution in [0.1, 0.15) is 37.3 Å². The average Bonchev–Trinajstić information content (AvgIpc) is 2.67. The van der Waals surface area contributed by atoms with Gasteiger partial charge in [-0.25, -0.2) is 0 Å². The van der Waals surface area contributed by atoms with Gasteiger partial charge in [0.15, 0.2) is 0 Å². The van der Waals surface area contributed by atoms with Crippen LogP contribution in [-0.2, 0) is 7.05 Å². The fourth-order valence-electron chi connectivity index (χ4n) is 2.43. The second-order valence-corrected chi connectivity index (χ2v) is 4.52. The van der Waals surface area contributed by atoms with E-state index in [2.05, 4.69) is 11.2 Å². The second kappa shape index (κ2) is 1.93. The molecule has 0 amide bonds. The fraction of sp³-hybridized carbons (Fsp3) is 0.700. The van der Waals surface area contributed by atoms with Crippen LogP contribution >= 0.6 is 0 Å². The highest BCUT2D eigenvalue weighted by Crippen LogP contribution is 2.65. The van der Waals surface area contributed by atoms with Crippen LogP contribution in [0.5, 0.6) is 0 Å². The molecule has 2 aliphatic carbocycles. The lowest BCUT2D eigenvalue weighted by Gasteiger charge is -2.34.